The highest BCUT2D eigenvalue weighted by atomic mass is 32.2. The molecule has 0 N–H and O–H groups in total. The molecule has 2 rings (SSSR count). The summed E-state index contributed by atoms with van der Waals surface area (Å²) >= 11 is 0. The second kappa shape index (κ2) is 6.54. The van der Waals surface area contributed by atoms with Gasteiger partial charge in [-0.3, -0.25) is 0 Å². The van der Waals surface area contributed by atoms with Crippen molar-refractivity contribution in [3.63, 3.8) is 0 Å². The maximum Gasteiger partial charge on any atom is 0.285 e. The fourth-order valence-electron chi connectivity index (χ4n) is 1.75. The summed E-state index contributed by atoms with van der Waals surface area (Å²) in [5.74, 6) is 0.110. The van der Waals surface area contributed by atoms with Crippen molar-refractivity contribution in [2.45, 2.75) is 18.7 Å². The average molecular weight is 303 g/mol. The SMILES string of the molecule is CCO/C(=N/S(=O)(=O)c1ccc(C)cc1)c1ccccc1. The van der Waals surface area contributed by atoms with Gasteiger partial charge in [-0.05, 0) is 38.1 Å². The Morgan fingerprint density at radius 3 is 2.24 bits per heavy atom. The molecule has 0 atom stereocenters. The predicted octanol–water partition coefficient (Wildman–Crippen LogP) is 3.17. The van der Waals surface area contributed by atoms with Gasteiger partial charge in [-0.25, -0.2) is 0 Å². The van der Waals surface area contributed by atoms with Crippen molar-refractivity contribution in [1.82, 2.24) is 0 Å². The molecule has 0 amide bonds. The van der Waals surface area contributed by atoms with Gasteiger partial charge in [0, 0.05) is 5.56 Å². The first kappa shape index (κ1) is 15.3. The van der Waals surface area contributed by atoms with Crippen molar-refractivity contribution in [2.75, 3.05) is 6.61 Å². The summed E-state index contributed by atoms with van der Waals surface area (Å²) in [7, 11) is -3.78. The summed E-state index contributed by atoms with van der Waals surface area (Å²) in [6.07, 6.45) is 0. The first-order valence-electron chi connectivity index (χ1n) is 6.63. The van der Waals surface area contributed by atoms with Crippen molar-refractivity contribution in [3.05, 3.63) is 65.7 Å². The van der Waals surface area contributed by atoms with Gasteiger partial charge in [0.2, 0.25) is 5.90 Å². The van der Waals surface area contributed by atoms with Gasteiger partial charge in [-0.15, -0.1) is 4.40 Å². The topological polar surface area (TPSA) is 55.7 Å². The lowest BCUT2D eigenvalue weighted by molar-refractivity contribution is 0.329. The van der Waals surface area contributed by atoms with E-state index in [1.165, 1.54) is 0 Å². The molecule has 5 heteroatoms. The van der Waals surface area contributed by atoms with Crippen molar-refractivity contribution in [2.24, 2.45) is 4.40 Å². The largest absolute Gasteiger partial charge is 0.477 e. The molecule has 0 heterocycles. The van der Waals surface area contributed by atoms with Gasteiger partial charge in [-0.1, -0.05) is 35.9 Å². The number of hydrogen-bond acceptors (Lipinski definition) is 3. The highest BCUT2D eigenvalue weighted by molar-refractivity contribution is 7.90. The van der Waals surface area contributed by atoms with E-state index in [9.17, 15) is 8.42 Å². The average Bonchev–Trinajstić information content (AvgIpc) is 2.48. The van der Waals surface area contributed by atoms with Gasteiger partial charge in [0.05, 0.1) is 11.5 Å². The smallest absolute Gasteiger partial charge is 0.285 e. The third kappa shape index (κ3) is 3.92. The fraction of sp³-hybridized carbons (Fsp3) is 0.188. The van der Waals surface area contributed by atoms with Crippen LogP contribution in [-0.2, 0) is 14.8 Å². The lowest BCUT2D eigenvalue weighted by Crippen LogP contribution is -2.10. The molecule has 0 saturated heterocycles. The van der Waals surface area contributed by atoms with E-state index in [-0.39, 0.29) is 10.8 Å². The van der Waals surface area contributed by atoms with E-state index < -0.39 is 10.0 Å². The molecule has 0 aromatic heterocycles. The first-order chi connectivity index (χ1) is 10.0. The van der Waals surface area contributed by atoms with Gasteiger partial charge >= 0.3 is 0 Å². The molecule has 0 aliphatic carbocycles. The summed E-state index contributed by atoms with van der Waals surface area (Å²) in [4.78, 5) is 0.154. The molecule has 2 aromatic carbocycles. The zero-order valence-electron chi connectivity index (χ0n) is 12.0. The van der Waals surface area contributed by atoms with E-state index in [0.717, 1.165) is 5.56 Å². The van der Waals surface area contributed by atoms with E-state index in [0.29, 0.717) is 12.2 Å². The monoisotopic (exact) mass is 303 g/mol. The molecular formula is C16H17NO3S. The number of aryl methyl sites for hydroxylation is 1. The van der Waals surface area contributed by atoms with Crippen LogP contribution in [0.3, 0.4) is 0 Å². The molecule has 21 heavy (non-hydrogen) atoms. The predicted molar refractivity (Wildman–Crippen MR) is 83.0 cm³/mol. The van der Waals surface area contributed by atoms with Crippen LogP contribution in [0.1, 0.15) is 18.1 Å². The lowest BCUT2D eigenvalue weighted by Gasteiger charge is -2.08. The number of nitrogens with zero attached hydrogens (tertiary/aromatic N) is 1. The van der Waals surface area contributed by atoms with Crippen LogP contribution >= 0.6 is 0 Å². The molecule has 0 unspecified atom stereocenters. The third-order valence-electron chi connectivity index (χ3n) is 2.82. The summed E-state index contributed by atoms with van der Waals surface area (Å²) in [5, 5.41) is 0. The second-order valence-electron chi connectivity index (χ2n) is 4.48. The fourth-order valence-corrected chi connectivity index (χ4v) is 2.71. The van der Waals surface area contributed by atoms with E-state index in [1.54, 1.807) is 43.3 Å². The van der Waals surface area contributed by atoms with Crippen molar-refractivity contribution in [1.29, 1.82) is 0 Å². The number of ether oxygens (including phenoxy) is 1. The maximum absolute atomic E-state index is 12.3. The third-order valence-corrected chi connectivity index (χ3v) is 4.10. The summed E-state index contributed by atoms with van der Waals surface area (Å²) < 4.78 is 33.9. The van der Waals surface area contributed by atoms with E-state index in [1.807, 2.05) is 25.1 Å². The van der Waals surface area contributed by atoms with Crippen LogP contribution in [0.15, 0.2) is 63.9 Å². The normalized spacial score (nSPS) is 12.2. The van der Waals surface area contributed by atoms with Crippen LogP contribution in [0.2, 0.25) is 0 Å². The molecular weight excluding hydrogens is 286 g/mol. The van der Waals surface area contributed by atoms with Crippen molar-refractivity contribution in [3.8, 4) is 0 Å². The van der Waals surface area contributed by atoms with Crippen molar-refractivity contribution >= 4 is 15.9 Å². The highest BCUT2D eigenvalue weighted by Gasteiger charge is 2.16. The minimum Gasteiger partial charge on any atom is -0.477 e. The van der Waals surface area contributed by atoms with Gasteiger partial charge in [-0.2, -0.15) is 8.42 Å². The Morgan fingerprint density at radius 2 is 1.67 bits per heavy atom. The molecule has 0 bridgehead atoms. The zero-order chi connectivity index (χ0) is 15.3. The van der Waals surface area contributed by atoms with Crippen LogP contribution in [0.5, 0.6) is 0 Å². The number of sulfonamides is 1. The highest BCUT2D eigenvalue weighted by Crippen LogP contribution is 2.15. The molecule has 0 aliphatic heterocycles. The Hall–Kier alpha value is -2.14. The van der Waals surface area contributed by atoms with Crippen LogP contribution in [0.4, 0.5) is 0 Å². The van der Waals surface area contributed by atoms with Gasteiger partial charge in [0.15, 0.2) is 0 Å². The maximum atomic E-state index is 12.3. The molecule has 0 spiro atoms. The van der Waals surface area contributed by atoms with E-state index >= 15 is 0 Å². The van der Waals surface area contributed by atoms with Gasteiger partial charge in [0.1, 0.15) is 0 Å². The molecule has 2 aromatic rings. The number of rotatable bonds is 4. The van der Waals surface area contributed by atoms with Crippen LogP contribution in [-0.4, -0.2) is 20.9 Å². The Kier molecular flexibility index (Phi) is 4.75. The van der Waals surface area contributed by atoms with Crippen LogP contribution < -0.4 is 0 Å². The van der Waals surface area contributed by atoms with Crippen LogP contribution in [0.25, 0.3) is 0 Å². The number of hydrogen-bond donors (Lipinski definition) is 0. The molecule has 0 radical (unpaired) electrons. The summed E-state index contributed by atoms with van der Waals surface area (Å²) in [5.41, 5.74) is 1.63. The molecule has 0 aliphatic rings. The van der Waals surface area contributed by atoms with Gasteiger partial charge < -0.3 is 4.74 Å². The Bertz CT molecular complexity index is 720. The van der Waals surface area contributed by atoms with Crippen molar-refractivity contribution < 1.29 is 13.2 Å². The van der Waals surface area contributed by atoms with E-state index in [2.05, 4.69) is 4.40 Å². The minimum atomic E-state index is -3.78. The zero-order valence-corrected chi connectivity index (χ0v) is 12.8. The standard InChI is InChI=1S/C16H17NO3S/c1-3-20-16(14-7-5-4-6-8-14)17-21(18,19)15-11-9-13(2)10-12-15/h4-12H,3H2,1-2H3/b17-16+. The van der Waals surface area contributed by atoms with E-state index in [4.69, 9.17) is 4.74 Å². The Morgan fingerprint density at radius 1 is 1.05 bits per heavy atom. The minimum absolute atomic E-state index is 0.110. The van der Waals surface area contributed by atoms with Crippen LogP contribution in [0, 0.1) is 6.92 Å². The lowest BCUT2D eigenvalue weighted by atomic mass is 10.2. The molecule has 0 saturated carbocycles. The van der Waals surface area contributed by atoms with Gasteiger partial charge in [0.25, 0.3) is 10.0 Å². The molecule has 0 fully saturated rings. The molecule has 110 valence electrons. The number of benzene rings is 2. The second-order valence-corrected chi connectivity index (χ2v) is 6.09. The Balaban J connectivity index is 2.44. The Labute approximate surface area is 125 Å². The first-order valence-corrected chi connectivity index (χ1v) is 8.07. The quantitative estimate of drug-likeness (QED) is 0.644. The summed E-state index contributed by atoms with van der Waals surface area (Å²) in [6, 6.07) is 15.6. The summed E-state index contributed by atoms with van der Waals surface area (Å²) in [6.45, 7) is 4.03. The molecule has 4 nitrogen and oxygen atoms in total.